The molecule has 1 atom stereocenters. The molecule has 1 unspecified atom stereocenters. The number of phenolic OH excluding ortho intramolecular Hbond substituents is 1. The van der Waals surface area contributed by atoms with Crippen LogP contribution in [-0.4, -0.2) is 54.0 Å². The number of hydrogen-bond donors (Lipinski definition) is 2. The van der Waals surface area contributed by atoms with E-state index < -0.39 is 6.09 Å². The predicted molar refractivity (Wildman–Crippen MR) is 192 cm³/mol. The summed E-state index contributed by atoms with van der Waals surface area (Å²) in [5, 5.41) is 18.8. The Morgan fingerprint density at radius 1 is 0.980 bits per heavy atom. The van der Waals surface area contributed by atoms with E-state index in [-0.39, 0.29) is 24.0 Å². The number of nitrogens with zero attached hydrogens (tertiary/aromatic N) is 2. The number of carbonyl (C=O) groups is 1. The van der Waals surface area contributed by atoms with E-state index in [1.165, 1.54) is 0 Å². The maximum absolute atomic E-state index is 12.4. The summed E-state index contributed by atoms with van der Waals surface area (Å²) < 4.78 is 26.8. The van der Waals surface area contributed by atoms with Crippen molar-refractivity contribution in [2.24, 2.45) is 0 Å². The molecule has 49 heavy (non-hydrogen) atoms. The molecule has 2 heterocycles. The molecule has 1 aromatic heterocycles. The molecule has 0 bridgehead atoms. The fourth-order valence-electron chi connectivity index (χ4n) is 6.64. The number of aromatic nitrogens is 2. The van der Waals surface area contributed by atoms with Crippen LogP contribution in [0.4, 0.5) is 4.79 Å². The second-order valence-electron chi connectivity index (χ2n) is 12.6. The van der Waals surface area contributed by atoms with E-state index in [1.807, 2.05) is 41.1 Å². The molecule has 1 aliphatic carbocycles. The minimum atomic E-state index is -0.396. The van der Waals surface area contributed by atoms with Crippen LogP contribution in [0.15, 0.2) is 89.4 Å². The van der Waals surface area contributed by atoms with Gasteiger partial charge >= 0.3 is 6.09 Å². The van der Waals surface area contributed by atoms with Crippen LogP contribution in [0.2, 0.25) is 0 Å². The molecule has 1 saturated heterocycles. The van der Waals surface area contributed by atoms with E-state index in [4.69, 9.17) is 24.0 Å². The van der Waals surface area contributed by atoms with Crippen LogP contribution in [0.5, 0.6) is 17.2 Å². The first-order valence-corrected chi connectivity index (χ1v) is 17.7. The summed E-state index contributed by atoms with van der Waals surface area (Å²) in [5.41, 5.74) is 5.70. The van der Waals surface area contributed by atoms with Crippen molar-refractivity contribution in [2.75, 3.05) is 26.9 Å². The Morgan fingerprint density at radius 3 is 2.53 bits per heavy atom. The lowest BCUT2D eigenvalue weighted by Gasteiger charge is -2.35. The number of halogens is 1. The number of methoxy groups -OCH3 is 1. The molecule has 2 N–H and O–H groups in total. The van der Waals surface area contributed by atoms with Crippen LogP contribution in [0.3, 0.4) is 0 Å². The fraction of sp³-hybridized carbons (Fsp3) is 0.333. The molecular formula is C39H40BrN3O6. The van der Waals surface area contributed by atoms with Gasteiger partial charge in [0.25, 0.3) is 0 Å². The molecule has 7 rings (SSSR count). The van der Waals surface area contributed by atoms with E-state index in [9.17, 15) is 9.90 Å². The number of nitrogens with one attached hydrogen (secondary N) is 1. The largest absolute Gasteiger partial charge is 0.508 e. The maximum atomic E-state index is 12.4. The Kier molecular flexibility index (Phi) is 10.2. The maximum Gasteiger partial charge on any atom is 0.407 e. The van der Waals surface area contributed by atoms with Gasteiger partial charge in [-0.2, -0.15) is 5.10 Å². The van der Waals surface area contributed by atoms with E-state index in [2.05, 4.69) is 57.6 Å². The number of ether oxygens (including phenoxy) is 4. The summed E-state index contributed by atoms with van der Waals surface area (Å²) in [7, 11) is 1.64. The first kappa shape index (κ1) is 33.1. The number of benzene rings is 4. The third-order valence-electron chi connectivity index (χ3n) is 9.25. The van der Waals surface area contributed by atoms with Crippen molar-refractivity contribution in [3.05, 3.63) is 95.0 Å². The summed E-state index contributed by atoms with van der Waals surface area (Å²) in [6.45, 7) is 1.79. The minimum Gasteiger partial charge on any atom is -0.508 e. The molecule has 10 heteroatoms. The van der Waals surface area contributed by atoms with Crippen LogP contribution in [0.1, 0.15) is 56.2 Å². The zero-order valence-corrected chi connectivity index (χ0v) is 29.0. The number of amides is 1. The number of rotatable bonds is 11. The average Bonchev–Trinajstić information content (AvgIpc) is 3.49. The van der Waals surface area contributed by atoms with E-state index in [1.54, 1.807) is 19.2 Å². The Bertz CT molecular complexity index is 1900. The minimum absolute atomic E-state index is 0.156. The average molecular weight is 727 g/mol. The number of fused-ring (bicyclic) bond motifs is 1. The van der Waals surface area contributed by atoms with E-state index >= 15 is 0 Å². The van der Waals surface area contributed by atoms with Crippen molar-refractivity contribution in [3.8, 4) is 39.6 Å². The predicted octanol–water partition coefficient (Wildman–Crippen LogP) is 9.34. The van der Waals surface area contributed by atoms with Gasteiger partial charge < -0.3 is 29.4 Å². The molecule has 254 valence electrons. The van der Waals surface area contributed by atoms with Crippen LogP contribution < -0.4 is 10.1 Å². The third kappa shape index (κ3) is 7.46. The monoisotopic (exact) mass is 725 g/mol. The molecule has 9 nitrogen and oxygen atoms in total. The van der Waals surface area contributed by atoms with Gasteiger partial charge in [-0.05, 0) is 104 Å². The lowest BCUT2D eigenvalue weighted by Crippen LogP contribution is -2.36. The van der Waals surface area contributed by atoms with Crippen molar-refractivity contribution in [1.29, 1.82) is 0 Å². The molecule has 1 aliphatic heterocycles. The van der Waals surface area contributed by atoms with Crippen molar-refractivity contribution < 1.29 is 28.8 Å². The lowest BCUT2D eigenvalue weighted by atomic mass is 9.76. The molecule has 2 fully saturated rings. The summed E-state index contributed by atoms with van der Waals surface area (Å²) in [5.74, 6) is 1.75. The second kappa shape index (κ2) is 15.0. The topological polar surface area (TPSA) is 104 Å². The highest BCUT2D eigenvalue weighted by atomic mass is 79.9. The van der Waals surface area contributed by atoms with E-state index in [0.717, 1.165) is 74.8 Å². The molecular weight excluding hydrogens is 686 g/mol. The highest BCUT2D eigenvalue weighted by Crippen LogP contribution is 2.47. The van der Waals surface area contributed by atoms with Gasteiger partial charge in [0.05, 0.1) is 10.9 Å². The van der Waals surface area contributed by atoms with Gasteiger partial charge in [-0.25, -0.2) is 9.48 Å². The summed E-state index contributed by atoms with van der Waals surface area (Å²) in [6, 6.07) is 27.8. The van der Waals surface area contributed by atoms with E-state index in [0.29, 0.717) is 38.3 Å². The molecule has 0 radical (unpaired) electrons. The zero-order chi connectivity index (χ0) is 33.7. The lowest BCUT2D eigenvalue weighted by molar-refractivity contribution is -0.0365. The molecule has 0 spiro atoms. The van der Waals surface area contributed by atoms with Crippen molar-refractivity contribution in [3.63, 3.8) is 0 Å². The number of hydrogen-bond acceptors (Lipinski definition) is 7. The number of aromatic hydroxyl groups is 1. The second-order valence-corrected chi connectivity index (χ2v) is 13.6. The number of phenols is 1. The first-order chi connectivity index (χ1) is 24.0. The number of alkyl carbamates (subject to hydrolysis) is 1. The van der Waals surface area contributed by atoms with Crippen LogP contribution in [0, 0.1) is 0 Å². The zero-order valence-electron chi connectivity index (χ0n) is 27.4. The highest BCUT2D eigenvalue weighted by Gasteiger charge is 2.35. The van der Waals surface area contributed by atoms with Gasteiger partial charge in [0, 0.05) is 36.9 Å². The van der Waals surface area contributed by atoms with Crippen molar-refractivity contribution in [2.45, 2.75) is 56.8 Å². The van der Waals surface area contributed by atoms with Crippen LogP contribution in [0.25, 0.3) is 33.3 Å². The highest BCUT2D eigenvalue weighted by molar-refractivity contribution is 9.10. The smallest absolute Gasteiger partial charge is 0.407 e. The normalized spacial score (nSPS) is 18.9. The summed E-state index contributed by atoms with van der Waals surface area (Å²) in [4.78, 5) is 12.4. The number of carbonyl (C=O) groups excluding carboxylic acids is 1. The third-order valence-corrected chi connectivity index (χ3v) is 9.71. The summed E-state index contributed by atoms with van der Waals surface area (Å²) >= 11 is 3.75. The molecule has 2 aliphatic rings. The Labute approximate surface area is 294 Å². The van der Waals surface area contributed by atoms with Gasteiger partial charge in [-0.15, -0.1) is 0 Å². The Balaban J connectivity index is 1.25. The van der Waals surface area contributed by atoms with Gasteiger partial charge in [0.15, 0.2) is 6.23 Å². The fourth-order valence-corrected chi connectivity index (χ4v) is 7.07. The molecule has 1 saturated carbocycles. The van der Waals surface area contributed by atoms with Crippen LogP contribution in [-0.2, 0) is 14.2 Å². The van der Waals surface area contributed by atoms with Crippen molar-refractivity contribution >= 4 is 32.9 Å². The van der Waals surface area contributed by atoms with Crippen LogP contribution >= 0.6 is 15.9 Å². The van der Waals surface area contributed by atoms with Crippen molar-refractivity contribution in [1.82, 2.24) is 15.1 Å². The van der Waals surface area contributed by atoms with Gasteiger partial charge in [0.2, 0.25) is 0 Å². The Hall–Kier alpha value is -4.38. The molecule has 5 aromatic rings. The quantitative estimate of drug-likeness (QED) is 0.131. The van der Waals surface area contributed by atoms with Gasteiger partial charge in [-0.3, -0.25) is 0 Å². The SMILES string of the molecule is COCCCNC(=O)OC1CC(c2ccc(-c3ccccc3)cc2Oc2cc(Br)cc3c2c(-c2ccc(O)cc2)nn3C2CCCCO2)C1. The Morgan fingerprint density at radius 2 is 1.78 bits per heavy atom. The molecule has 4 aromatic carbocycles. The van der Waals surface area contributed by atoms with Gasteiger partial charge in [-0.1, -0.05) is 58.4 Å². The summed E-state index contributed by atoms with van der Waals surface area (Å²) in [6.07, 6.45) is 4.36. The standard InChI is InChI=1S/C39H40BrN3O6/c1-46-18-7-17-41-39(45)48-31-20-28(21-31)32-16-13-27(25-8-3-2-4-9-25)22-34(32)49-35-24-29(40)23-33-37(35)38(26-11-14-30(44)15-12-26)42-43(33)36-10-5-6-19-47-36/h2-4,8-9,11-16,22-24,28,31,36,44H,5-7,10,17-21H2,1H3,(H,41,45). The first-order valence-electron chi connectivity index (χ1n) is 16.9. The van der Waals surface area contributed by atoms with Gasteiger partial charge in [0.1, 0.15) is 29.0 Å². The molecule has 1 amide bonds.